The molecule has 1 atom stereocenters. The second-order valence-electron chi connectivity index (χ2n) is 6.48. The van der Waals surface area contributed by atoms with E-state index in [4.69, 9.17) is 4.52 Å². The van der Waals surface area contributed by atoms with Crippen LogP contribution in [0.1, 0.15) is 29.7 Å². The molecule has 5 rings (SSSR count). The molecular weight excluding hydrogens is 314 g/mol. The van der Waals surface area contributed by atoms with E-state index >= 15 is 0 Å². The third-order valence-electron chi connectivity index (χ3n) is 4.97. The molecule has 0 fully saturated rings. The fourth-order valence-electron chi connectivity index (χ4n) is 3.59. The van der Waals surface area contributed by atoms with Crippen LogP contribution in [0.2, 0.25) is 0 Å². The predicted molar refractivity (Wildman–Crippen MR) is 93.1 cm³/mol. The van der Waals surface area contributed by atoms with E-state index < -0.39 is 0 Å². The van der Waals surface area contributed by atoms with Crippen molar-refractivity contribution in [3.05, 3.63) is 60.1 Å². The Hall–Kier alpha value is -3.02. The molecule has 4 aromatic rings. The first-order chi connectivity index (χ1) is 12.3. The van der Waals surface area contributed by atoms with Crippen molar-refractivity contribution >= 4 is 10.8 Å². The van der Waals surface area contributed by atoms with Gasteiger partial charge in [0.2, 0.25) is 11.7 Å². The van der Waals surface area contributed by atoms with Gasteiger partial charge in [-0.05, 0) is 31.2 Å². The highest BCUT2D eigenvalue weighted by molar-refractivity contribution is 5.92. The summed E-state index contributed by atoms with van der Waals surface area (Å²) in [5.74, 6) is 2.50. The lowest BCUT2D eigenvalue weighted by molar-refractivity contribution is 0.316. The maximum atomic E-state index is 5.60. The zero-order valence-corrected chi connectivity index (χ0v) is 13.9. The van der Waals surface area contributed by atoms with E-state index in [1.165, 1.54) is 5.69 Å². The Kier molecular flexibility index (Phi) is 3.16. The number of hydrogen-bond acceptors (Lipinski definition) is 5. The SMILES string of the molecule is Cc1ncc2n1CC(c1nc(-c3nccc4ccccc34)no1)CC2. The van der Waals surface area contributed by atoms with Gasteiger partial charge in [-0.1, -0.05) is 29.4 Å². The predicted octanol–water partition coefficient (Wildman–Crippen LogP) is 3.52. The number of imidazole rings is 1. The van der Waals surface area contributed by atoms with Crippen molar-refractivity contribution in [3.8, 4) is 11.5 Å². The molecule has 1 aliphatic rings. The first kappa shape index (κ1) is 14.3. The van der Waals surface area contributed by atoms with Crippen LogP contribution >= 0.6 is 0 Å². The minimum Gasteiger partial charge on any atom is -0.339 e. The smallest absolute Gasteiger partial charge is 0.231 e. The van der Waals surface area contributed by atoms with Crippen LogP contribution in [-0.4, -0.2) is 24.7 Å². The number of benzene rings is 1. The molecule has 6 heteroatoms. The minimum absolute atomic E-state index is 0.219. The number of rotatable bonds is 2. The zero-order valence-electron chi connectivity index (χ0n) is 13.9. The van der Waals surface area contributed by atoms with Gasteiger partial charge in [0.1, 0.15) is 11.5 Å². The first-order valence-electron chi connectivity index (χ1n) is 8.48. The summed E-state index contributed by atoms with van der Waals surface area (Å²) < 4.78 is 7.85. The first-order valence-corrected chi connectivity index (χ1v) is 8.48. The topological polar surface area (TPSA) is 69.6 Å². The van der Waals surface area contributed by atoms with Gasteiger partial charge in [-0.3, -0.25) is 4.98 Å². The van der Waals surface area contributed by atoms with Gasteiger partial charge in [0.25, 0.3) is 0 Å². The lowest BCUT2D eigenvalue weighted by atomic mass is 9.98. The summed E-state index contributed by atoms with van der Waals surface area (Å²) in [5.41, 5.74) is 2.05. The van der Waals surface area contributed by atoms with Crippen LogP contribution in [0.15, 0.2) is 47.2 Å². The third kappa shape index (κ3) is 2.33. The van der Waals surface area contributed by atoms with Crippen molar-refractivity contribution in [2.24, 2.45) is 0 Å². The molecule has 25 heavy (non-hydrogen) atoms. The standard InChI is InChI=1S/C19H17N5O/c1-12-21-10-15-7-6-14(11-24(12)15)19-22-18(23-25-19)17-16-5-3-2-4-13(16)8-9-20-17/h2-5,8-10,14H,6-7,11H2,1H3. The monoisotopic (exact) mass is 331 g/mol. The molecule has 3 aromatic heterocycles. The maximum absolute atomic E-state index is 5.60. The molecule has 4 heterocycles. The van der Waals surface area contributed by atoms with Gasteiger partial charge in [-0.15, -0.1) is 0 Å². The molecule has 124 valence electrons. The van der Waals surface area contributed by atoms with E-state index in [1.54, 1.807) is 6.20 Å². The van der Waals surface area contributed by atoms with Crippen LogP contribution in [0.3, 0.4) is 0 Å². The van der Waals surface area contributed by atoms with Crippen molar-refractivity contribution < 1.29 is 4.52 Å². The fraction of sp³-hybridized carbons (Fsp3) is 0.263. The van der Waals surface area contributed by atoms with Crippen LogP contribution in [0.25, 0.3) is 22.3 Å². The number of nitrogens with zero attached hydrogens (tertiary/aromatic N) is 5. The maximum Gasteiger partial charge on any atom is 0.231 e. The molecule has 0 amide bonds. The van der Waals surface area contributed by atoms with Gasteiger partial charge in [0.05, 0.1) is 5.92 Å². The van der Waals surface area contributed by atoms with Gasteiger partial charge in [0, 0.05) is 30.0 Å². The molecule has 0 radical (unpaired) electrons. The molecule has 0 N–H and O–H groups in total. The van der Waals surface area contributed by atoms with Crippen LogP contribution in [-0.2, 0) is 13.0 Å². The van der Waals surface area contributed by atoms with Gasteiger partial charge in [0.15, 0.2) is 0 Å². The molecule has 0 saturated heterocycles. The molecule has 1 aliphatic heterocycles. The highest BCUT2D eigenvalue weighted by Crippen LogP contribution is 2.31. The molecule has 0 saturated carbocycles. The van der Waals surface area contributed by atoms with Crippen molar-refractivity contribution in [1.82, 2.24) is 24.7 Å². The Balaban J connectivity index is 1.51. The van der Waals surface area contributed by atoms with Crippen molar-refractivity contribution in [2.45, 2.75) is 32.2 Å². The highest BCUT2D eigenvalue weighted by atomic mass is 16.5. The van der Waals surface area contributed by atoms with Gasteiger partial charge in [-0.2, -0.15) is 4.98 Å². The molecule has 0 bridgehead atoms. The number of aryl methyl sites for hydroxylation is 2. The number of fused-ring (bicyclic) bond motifs is 2. The van der Waals surface area contributed by atoms with Crippen molar-refractivity contribution in [1.29, 1.82) is 0 Å². The van der Waals surface area contributed by atoms with E-state index in [-0.39, 0.29) is 5.92 Å². The average Bonchev–Trinajstić information content (AvgIpc) is 3.28. The van der Waals surface area contributed by atoms with Gasteiger partial charge in [-0.25, -0.2) is 4.98 Å². The summed E-state index contributed by atoms with van der Waals surface area (Å²) in [6.45, 7) is 2.87. The number of aromatic nitrogens is 5. The second kappa shape index (κ2) is 5.51. The highest BCUT2D eigenvalue weighted by Gasteiger charge is 2.26. The summed E-state index contributed by atoms with van der Waals surface area (Å²) in [4.78, 5) is 13.5. The number of pyridine rings is 1. The molecule has 1 aromatic carbocycles. The summed E-state index contributed by atoms with van der Waals surface area (Å²) in [5, 5.41) is 6.36. The third-order valence-corrected chi connectivity index (χ3v) is 4.97. The Labute approximate surface area is 144 Å². The minimum atomic E-state index is 0.219. The number of hydrogen-bond donors (Lipinski definition) is 0. The molecular formula is C19H17N5O. The average molecular weight is 331 g/mol. The van der Waals surface area contributed by atoms with E-state index in [1.807, 2.05) is 37.4 Å². The van der Waals surface area contributed by atoms with Crippen molar-refractivity contribution in [2.75, 3.05) is 0 Å². The molecule has 6 nitrogen and oxygen atoms in total. The second-order valence-corrected chi connectivity index (χ2v) is 6.48. The molecule has 1 unspecified atom stereocenters. The van der Waals surface area contributed by atoms with Crippen LogP contribution in [0.4, 0.5) is 0 Å². The van der Waals surface area contributed by atoms with E-state index in [9.17, 15) is 0 Å². The lowest BCUT2D eigenvalue weighted by Gasteiger charge is -2.22. The fourth-order valence-corrected chi connectivity index (χ4v) is 3.59. The Morgan fingerprint density at radius 2 is 2.08 bits per heavy atom. The zero-order chi connectivity index (χ0) is 16.8. The van der Waals surface area contributed by atoms with Gasteiger partial charge < -0.3 is 9.09 Å². The van der Waals surface area contributed by atoms with Gasteiger partial charge >= 0.3 is 0 Å². The molecule has 0 aliphatic carbocycles. The normalized spacial score (nSPS) is 16.9. The summed E-state index contributed by atoms with van der Waals surface area (Å²) >= 11 is 0. The van der Waals surface area contributed by atoms with E-state index in [2.05, 4.69) is 30.7 Å². The Morgan fingerprint density at radius 3 is 3.04 bits per heavy atom. The summed E-state index contributed by atoms with van der Waals surface area (Å²) in [6.07, 6.45) is 5.73. The lowest BCUT2D eigenvalue weighted by Crippen LogP contribution is -2.19. The van der Waals surface area contributed by atoms with Crippen LogP contribution in [0.5, 0.6) is 0 Å². The van der Waals surface area contributed by atoms with E-state index in [0.29, 0.717) is 11.7 Å². The van der Waals surface area contributed by atoms with Crippen LogP contribution in [0, 0.1) is 6.92 Å². The summed E-state index contributed by atoms with van der Waals surface area (Å²) in [6, 6.07) is 10.1. The molecule has 0 spiro atoms. The van der Waals surface area contributed by atoms with E-state index in [0.717, 1.165) is 41.7 Å². The Bertz CT molecular complexity index is 1060. The van der Waals surface area contributed by atoms with Crippen molar-refractivity contribution in [3.63, 3.8) is 0 Å². The summed E-state index contributed by atoms with van der Waals surface area (Å²) in [7, 11) is 0. The largest absolute Gasteiger partial charge is 0.339 e. The Morgan fingerprint density at radius 1 is 1.16 bits per heavy atom. The van der Waals surface area contributed by atoms with Crippen LogP contribution < -0.4 is 0 Å². The quantitative estimate of drug-likeness (QED) is 0.562.